The van der Waals surface area contributed by atoms with Crippen LogP contribution in [0.15, 0.2) is 60.2 Å². The second kappa shape index (κ2) is 9.83. The molecule has 0 aliphatic heterocycles. The Labute approximate surface area is 194 Å². The quantitative estimate of drug-likeness (QED) is 0.633. The van der Waals surface area contributed by atoms with Crippen molar-refractivity contribution in [1.82, 2.24) is 19.9 Å². The lowest BCUT2D eigenvalue weighted by Crippen LogP contribution is -2.41. The van der Waals surface area contributed by atoms with Crippen molar-refractivity contribution in [3.8, 4) is 5.75 Å². The van der Waals surface area contributed by atoms with Crippen LogP contribution in [-0.2, 0) is 10.2 Å². The van der Waals surface area contributed by atoms with Gasteiger partial charge in [0.2, 0.25) is 5.95 Å². The highest BCUT2D eigenvalue weighted by Gasteiger charge is 2.34. The molecule has 0 bridgehead atoms. The van der Waals surface area contributed by atoms with Crippen LogP contribution in [-0.4, -0.2) is 57.6 Å². The third-order valence-corrected chi connectivity index (χ3v) is 6.89. The first-order valence-electron chi connectivity index (χ1n) is 10.5. The summed E-state index contributed by atoms with van der Waals surface area (Å²) in [7, 11) is 4.08. The Bertz CT molecular complexity index is 997. The molecular formula is C24H31N5O2S. The van der Waals surface area contributed by atoms with Crippen molar-refractivity contribution in [2.24, 2.45) is 0 Å². The SMILES string of the molecule is CSC1(N(C)C)C=C(COc2ccc(C(C)(C)C)cc2)C(C(=O)Nc2ncncn2)=CC1. The number of ether oxygens (including phenoxy) is 1. The van der Waals surface area contributed by atoms with E-state index in [-0.39, 0.29) is 28.7 Å². The number of rotatable bonds is 7. The van der Waals surface area contributed by atoms with Crippen molar-refractivity contribution in [2.45, 2.75) is 37.5 Å². The molecule has 1 aliphatic carbocycles. The van der Waals surface area contributed by atoms with Gasteiger partial charge in [-0.2, -0.15) is 0 Å². The number of thioether (sulfide) groups is 1. The van der Waals surface area contributed by atoms with E-state index in [1.165, 1.54) is 18.2 Å². The third kappa shape index (κ3) is 5.55. The summed E-state index contributed by atoms with van der Waals surface area (Å²) in [6, 6.07) is 8.12. The molecule has 3 rings (SSSR count). The van der Waals surface area contributed by atoms with Gasteiger partial charge in [0.1, 0.15) is 25.0 Å². The molecule has 7 nitrogen and oxygen atoms in total. The van der Waals surface area contributed by atoms with Crippen molar-refractivity contribution in [3.63, 3.8) is 0 Å². The summed E-state index contributed by atoms with van der Waals surface area (Å²) in [5, 5.41) is 2.75. The second-order valence-corrected chi connectivity index (χ2v) is 10.0. The Hall–Kier alpha value is -2.71. The van der Waals surface area contributed by atoms with Crippen LogP contribution in [0.3, 0.4) is 0 Å². The Kier molecular flexibility index (Phi) is 7.36. The molecular weight excluding hydrogens is 422 g/mol. The highest BCUT2D eigenvalue weighted by Crippen LogP contribution is 2.38. The van der Waals surface area contributed by atoms with E-state index < -0.39 is 0 Å². The van der Waals surface area contributed by atoms with Gasteiger partial charge in [0, 0.05) is 11.1 Å². The summed E-state index contributed by atoms with van der Waals surface area (Å²) < 4.78 is 6.10. The summed E-state index contributed by atoms with van der Waals surface area (Å²) >= 11 is 1.73. The molecule has 0 fully saturated rings. The molecule has 1 amide bonds. The molecule has 0 radical (unpaired) electrons. The topological polar surface area (TPSA) is 80.2 Å². The number of anilines is 1. The number of hydrogen-bond acceptors (Lipinski definition) is 7. The lowest BCUT2D eigenvalue weighted by atomic mass is 9.87. The lowest BCUT2D eigenvalue weighted by Gasteiger charge is -2.38. The fourth-order valence-corrected chi connectivity index (χ4v) is 4.34. The van der Waals surface area contributed by atoms with E-state index in [0.29, 0.717) is 12.0 Å². The number of likely N-dealkylation sites (N-methyl/N-ethyl adjacent to an activating group) is 1. The molecule has 0 spiro atoms. The molecule has 170 valence electrons. The van der Waals surface area contributed by atoms with E-state index >= 15 is 0 Å². The molecule has 1 heterocycles. The van der Waals surface area contributed by atoms with Crippen molar-refractivity contribution < 1.29 is 9.53 Å². The molecule has 32 heavy (non-hydrogen) atoms. The maximum absolute atomic E-state index is 13.0. The molecule has 0 saturated carbocycles. The summed E-state index contributed by atoms with van der Waals surface area (Å²) in [6.45, 7) is 6.82. The first-order valence-corrected chi connectivity index (χ1v) is 11.7. The predicted molar refractivity (Wildman–Crippen MR) is 130 cm³/mol. The Morgan fingerprint density at radius 3 is 2.41 bits per heavy atom. The number of carbonyl (C=O) groups excluding carboxylic acids is 1. The van der Waals surface area contributed by atoms with Crippen LogP contribution in [0.25, 0.3) is 0 Å². The monoisotopic (exact) mass is 453 g/mol. The van der Waals surface area contributed by atoms with Gasteiger partial charge in [-0.1, -0.05) is 39.0 Å². The standard InChI is InChI=1S/C24H31N5O2S/c1-23(2,3)18-7-9-19(10-8-18)31-14-17-13-24(32-6,29(4)5)12-11-20(17)21(30)28-22-26-15-25-16-27-22/h7-11,13,15-16H,12,14H2,1-6H3,(H,25,26,27,28,30). The van der Waals surface area contributed by atoms with Crippen LogP contribution in [0, 0.1) is 0 Å². The normalized spacial score (nSPS) is 18.7. The number of amides is 1. The maximum Gasteiger partial charge on any atom is 0.258 e. The first kappa shape index (κ1) is 23.9. The molecule has 1 N–H and O–H groups in total. The molecule has 8 heteroatoms. The van der Waals surface area contributed by atoms with E-state index in [2.05, 4.69) is 70.4 Å². The van der Waals surface area contributed by atoms with Crippen molar-refractivity contribution >= 4 is 23.6 Å². The fourth-order valence-electron chi connectivity index (χ4n) is 3.47. The number of nitrogens with one attached hydrogen (secondary N) is 1. The summed E-state index contributed by atoms with van der Waals surface area (Å²) in [5.74, 6) is 0.724. The van der Waals surface area contributed by atoms with Gasteiger partial charge in [-0.3, -0.25) is 15.0 Å². The zero-order valence-electron chi connectivity index (χ0n) is 19.5. The molecule has 1 unspecified atom stereocenters. The first-order chi connectivity index (χ1) is 15.1. The van der Waals surface area contributed by atoms with Crippen molar-refractivity contribution in [1.29, 1.82) is 0 Å². The summed E-state index contributed by atoms with van der Waals surface area (Å²) in [6.07, 6.45) is 9.57. The maximum atomic E-state index is 13.0. The smallest absolute Gasteiger partial charge is 0.258 e. The second-order valence-electron chi connectivity index (χ2n) is 8.91. The highest BCUT2D eigenvalue weighted by atomic mass is 32.2. The molecule has 1 atom stereocenters. The lowest BCUT2D eigenvalue weighted by molar-refractivity contribution is -0.112. The van der Waals surface area contributed by atoms with Gasteiger partial charge < -0.3 is 4.74 Å². The van der Waals surface area contributed by atoms with Crippen LogP contribution >= 0.6 is 11.8 Å². The molecule has 1 aromatic carbocycles. The number of benzene rings is 1. The Morgan fingerprint density at radius 2 is 1.84 bits per heavy atom. The van der Waals surface area contributed by atoms with Gasteiger partial charge in [-0.15, -0.1) is 11.8 Å². The van der Waals surface area contributed by atoms with Crippen LogP contribution in [0.5, 0.6) is 5.75 Å². The number of hydrogen-bond donors (Lipinski definition) is 1. The molecule has 1 aliphatic rings. The van der Waals surface area contributed by atoms with Crippen molar-refractivity contribution in [3.05, 3.63) is 65.8 Å². The van der Waals surface area contributed by atoms with E-state index in [1.54, 1.807) is 11.8 Å². The molecule has 0 saturated heterocycles. The van der Waals surface area contributed by atoms with Gasteiger partial charge in [-0.05, 0) is 56.0 Å². The Balaban J connectivity index is 1.82. The highest BCUT2D eigenvalue weighted by molar-refractivity contribution is 8.00. The molecule has 1 aromatic heterocycles. The fraction of sp³-hybridized carbons (Fsp3) is 0.417. The predicted octanol–water partition coefficient (Wildman–Crippen LogP) is 4.06. The van der Waals surface area contributed by atoms with Crippen molar-refractivity contribution in [2.75, 3.05) is 32.3 Å². The number of nitrogens with zero attached hydrogens (tertiary/aromatic N) is 4. The minimum Gasteiger partial charge on any atom is -0.489 e. The third-order valence-electron chi connectivity index (χ3n) is 5.53. The average Bonchev–Trinajstić information content (AvgIpc) is 2.77. The van der Waals surface area contributed by atoms with Crippen LogP contribution in [0.2, 0.25) is 0 Å². The zero-order valence-corrected chi connectivity index (χ0v) is 20.4. The molecule has 2 aromatic rings. The van der Waals surface area contributed by atoms with Gasteiger partial charge in [0.15, 0.2) is 0 Å². The van der Waals surface area contributed by atoms with Crippen LogP contribution in [0.1, 0.15) is 32.8 Å². The van der Waals surface area contributed by atoms with Gasteiger partial charge in [-0.25, -0.2) is 15.0 Å². The Morgan fingerprint density at radius 1 is 1.19 bits per heavy atom. The van der Waals surface area contributed by atoms with Crippen LogP contribution < -0.4 is 10.1 Å². The van der Waals surface area contributed by atoms with Gasteiger partial charge in [0.05, 0.1) is 4.87 Å². The van der Waals surface area contributed by atoms with E-state index in [9.17, 15) is 4.79 Å². The zero-order chi connectivity index (χ0) is 23.4. The average molecular weight is 454 g/mol. The summed E-state index contributed by atoms with van der Waals surface area (Å²) in [5.41, 5.74) is 2.72. The van der Waals surface area contributed by atoms with Crippen LogP contribution in [0.4, 0.5) is 5.95 Å². The van der Waals surface area contributed by atoms with Gasteiger partial charge >= 0.3 is 0 Å². The minimum absolute atomic E-state index is 0.0805. The number of aromatic nitrogens is 3. The van der Waals surface area contributed by atoms with E-state index in [4.69, 9.17) is 4.74 Å². The number of carbonyl (C=O) groups is 1. The summed E-state index contributed by atoms with van der Waals surface area (Å²) in [4.78, 5) is 26.7. The largest absolute Gasteiger partial charge is 0.489 e. The van der Waals surface area contributed by atoms with E-state index in [0.717, 1.165) is 11.3 Å². The minimum atomic E-state index is -0.261. The van der Waals surface area contributed by atoms with Gasteiger partial charge in [0.25, 0.3) is 5.91 Å². The van der Waals surface area contributed by atoms with E-state index in [1.807, 2.05) is 32.3 Å².